The first kappa shape index (κ1) is 23.6. The highest BCUT2D eigenvalue weighted by molar-refractivity contribution is 8.01. The van der Waals surface area contributed by atoms with E-state index in [2.05, 4.69) is 20.8 Å². The van der Waals surface area contributed by atoms with Gasteiger partial charge in [-0.05, 0) is 44.0 Å². The summed E-state index contributed by atoms with van der Waals surface area (Å²) in [6.07, 6.45) is 0. The molecule has 0 unspecified atom stereocenters. The Hall–Kier alpha value is -3.11. The zero-order valence-electron chi connectivity index (χ0n) is 18.4. The molecule has 2 amide bonds. The summed E-state index contributed by atoms with van der Waals surface area (Å²) in [5.41, 5.74) is 4.41. The van der Waals surface area contributed by atoms with E-state index in [1.807, 2.05) is 32.9 Å². The minimum absolute atomic E-state index is 0.130. The van der Waals surface area contributed by atoms with Gasteiger partial charge >= 0.3 is 0 Å². The van der Waals surface area contributed by atoms with Crippen molar-refractivity contribution in [3.63, 3.8) is 0 Å². The van der Waals surface area contributed by atoms with Crippen LogP contribution in [0.5, 0.6) is 11.5 Å². The number of hydrogen-bond acceptors (Lipinski definition) is 8. The molecule has 32 heavy (non-hydrogen) atoms. The van der Waals surface area contributed by atoms with Crippen molar-refractivity contribution >= 4 is 45.7 Å². The predicted molar refractivity (Wildman–Crippen MR) is 127 cm³/mol. The number of nitrogens with one attached hydrogen (secondary N) is 2. The summed E-state index contributed by atoms with van der Waals surface area (Å²) in [7, 11) is 3.03. The lowest BCUT2D eigenvalue weighted by Crippen LogP contribution is -2.15. The first-order valence-electron chi connectivity index (χ1n) is 9.67. The number of aromatic nitrogens is 2. The maximum Gasteiger partial charge on any atom is 0.257 e. The normalized spacial score (nSPS) is 10.5. The quantitative estimate of drug-likeness (QED) is 0.368. The van der Waals surface area contributed by atoms with Crippen LogP contribution in [0.15, 0.2) is 34.7 Å². The maximum atomic E-state index is 12.6. The Morgan fingerprint density at radius 3 is 2.16 bits per heavy atom. The molecule has 0 aliphatic heterocycles. The average molecular weight is 473 g/mol. The zero-order chi connectivity index (χ0) is 23.3. The number of carbonyl (C=O) groups excluding carboxylic acids is 2. The molecule has 0 atom stereocenters. The fourth-order valence-corrected chi connectivity index (χ4v) is 4.65. The molecule has 0 saturated heterocycles. The van der Waals surface area contributed by atoms with Gasteiger partial charge in [0.1, 0.15) is 11.5 Å². The number of hydrogen-bond donors (Lipinski definition) is 2. The van der Waals surface area contributed by atoms with Gasteiger partial charge < -0.3 is 14.8 Å². The lowest BCUT2D eigenvalue weighted by Gasteiger charge is -2.12. The number of anilines is 2. The molecule has 0 fully saturated rings. The highest BCUT2D eigenvalue weighted by atomic mass is 32.2. The van der Waals surface area contributed by atoms with E-state index in [0.29, 0.717) is 26.5 Å². The molecule has 1 heterocycles. The molecule has 0 bridgehead atoms. The van der Waals surface area contributed by atoms with Gasteiger partial charge in [-0.3, -0.25) is 14.9 Å². The summed E-state index contributed by atoms with van der Waals surface area (Å²) in [6, 6.07) is 8.96. The lowest BCUT2D eigenvalue weighted by atomic mass is 10.1. The molecule has 3 rings (SSSR count). The van der Waals surface area contributed by atoms with Crippen LogP contribution in [0, 0.1) is 20.8 Å². The number of aryl methyl sites for hydroxylation is 3. The van der Waals surface area contributed by atoms with Crippen molar-refractivity contribution in [2.45, 2.75) is 25.1 Å². The van der Waals surface area contributed by atoms with Crippen molar-refractivity contribution in [3.8, 4) is 11.5 Å². The Labute approximate surface area is 194 Å². The minimum atomic E-state index is -0.363. The highest BCUT2D eigenvalue weighted by Gasteiger charge is 2.15. The van der Waals surface area contributed by atoms with E-state index in [1.165, 1.54) is 37.3 Å². The predicted octanol–water partition coefficient (Wildman–Crippen LogP) is 4.46. The minimum Gasteiger partial charge on any atom is -0.497 e. The van der Waals surface area contributed by atoms with Gasteiger partial charge in [0.2, 0.25) is 11.0 Å². The topological polar surface area (TPSA) is 102 Å². The van der Waals surface area contributed by atoms with Gasteiger partial charge in [-0.25, -0.2) is 0 Å². The van der Waals surface area contributed by atoms with Crippen molar-refractivity contribution in [2.24, 2.45) is 0 Å². The number of rotatable bonds is 8. The molecule has 1 aromatic heterocycles. The number of amides is 2. The largest absolute Gasteiger partial charge is 0.497 e. The first-order chi connectivity index (χ1) is 15.3. The molecule has 3 aromatic rings. The van der Waals surface area contributed by atoms with E-state index in [9.17, 15) is 9.59 Å². The highest BCUT2D eigenvalue weighted by Crippen LogP contribution is 2.28. The molecule has 8 nitrogen and oxygen atoms in total. The number of nitrogens with zero attached hydrogens (tertiary/aromatic N) is 2. The molecule has 168 valence electrons. The number of thioether (sulfide) groups is 1. The molecule has 0 aliphatic rings. The summed E-state index contributed by atoms with van der Waals surface area (Å²) in [5, 5.41) is 14.0. The second kappa shape index (κ2) is 10.5. The fraction of sp³-hybridized carbons (Fsp3) is 0.273. The standard InChI is InChI=1S/C22H24N4O4S2/c1-12-6-13(2)19(14(3)7-12)23-18(27)11-31-22-26-25-21(32-22)24-20(28)15-8-16(29-4)10-17(9-15)30-5/h6-10H,11H2,1-5H3,(H,23,27)(H,24,25,28). The van der Waals surface area contributed by atoms with Crippen molar-refractivity contribution in [1.82, 2.24) is 10.2 Å². The monoisotopic (exact) mass is 472 g/mol. The summed E-state index contributed by atoms with van der Waals surface area (Å²) in [5.74, 6) is 0.705. The second-order valence-electron chi connectivity index (χ2n) is 7.04. The van der Waals surface area contributed by atoms with Crippen LogP contribution in [0.1, 0.15) is 27.0 Å². The van der Waals surface area contributed by atoms with Crippen LogP contribution < -0.4 is 20.1 Å². The summed E-state index contributed by atoms with van der Waals surface area (Å²) >= 11 is 2.46. The van der Waals surface area contributed by atoms with E-state index in [-0.39, 0.29) is 17.6 Å². The van der Waals surface area contributed by atoms with Gasteiger partial charge in [-0.2, -0.15) is 0 Å². The van der Waals surface area contributed by atoms with Crippen LogP contribution in [0.2, 0.25) is 0 Å². The Morgan fingerprint density at radius 1 is 0.938 bits per heavy atom. The van der Waals surface area contributed by atoms with E-state index < -0.39 is 0 Å². The molecule has 0 saturated carbocycles. The van der Waals surface area contributed by atoms with Gasteiger partial charge in [-0.1, -0.05) is 40.8 Å². The van der Waals surface area contributed by atoms with Crippen LogP contribution >= 0.6 is 23.1 Å². The zero-order valence-corrected chi connectivity index (χ0v) is 20.1. The first-order valence-corrected chi connectivity index (χ1v) is 11.5. The fourth-order valence-electron chi connectivity index (χ4n) is 3.11. The van der Waals surface area contributed by atoms with Crippen LogP contribution in [-0.4, -0.2) is 42.0 Å². The third-order valence-electron chi connectivity index (χ3n) is 4.51. The van der Waals surface area contributed by atoms with Crippen molar-refractivity contribution in [1.29, 1.82) is 0 Å². The van der Waals surface area contributed by atoms with Gasteiger partial charge in [0.15, 0.2) is 4.34 Å². The smallest absolute Gasteiger partial charge is 0.257 e. The summed E-state index contributed by atoms with van der Waals surface area (Å²) in [6.45, 7) is 5.97. The lowest BCUT2D eigenvalue weighted by molar-refractivity contribution is -0.113. The maximum absolute atomic E-state index is 12.6. The van der Waals surface area contributed by atoms with Crippen LogP contribution in [0.4, 0.5) is 10.8 Å². The number of benzene rings is 2. The Bertz CT molecular complexity index is 1100. The van der Waals surface area contributed by atoms with Crippen LogP contribution in [0.25, 0.3) is 0 Å². The van der Waals surface area contributed by atoms with Gasteiger partial charge in [0.05, 0.1) is 20.0 Å². The Balaban J connectivity index is 1.58. The van der Waals surface area contributed by atoms with E-state index in [4.69, 9.17) is 9.47 Å². The molecular formula is C22H24N4O4S2. The third-order valence-corrected chi connectivity index (χ3v) is 6.48. The van der Waals surface area contributed by atoms with Crippen LogP contribution in [0.3, 0.4) is 0 Å². The number of ether oxygens (including phenoxy) is 2. The van der Waals surface area contributed by atoms with Crippen molar-refractivity contribution in [2.75, 3.05) is 30.6 Å². The van der Waals surface area contributed by atoms with Gasteiger partial charge in [-0.15, -0.1) is 10.2 Å². The molecule has 2 aromatic carbocycles. The molecule has 0 radical (unpaired) electrons. The second-order valence-corrected chi connectivity index (χ2v) is 9.24. The van der Waals surface area contributed by atoms with E-state index in [0.717, 1.165) is 22.4 Å². The van der Waals surface area contributed by atoms with E-state index >= 15 is 0 Å². The third kappa shape index (κ3) is 5.98. The summed E-state index contributed by atoms with van der Waals surface area (Å²) < 4.78 is 11.0. The van der Waals surface area contributed by atoms with Crippen molar-refractivity contribution in [3.05, 3.63) is 52.6 Å². The van der Waals surface area contributed by atoms with Crippen LogP contribution in [-0.2, 0) is 4.79 Å². The Kier molecular flexibility index (Phi) is 7.70. The molecular weight excluding hydrogens is 448 g/mol. The van der Waals surface area contributed by atoms with E-state index in [1.54, 1.807) is 18.2 Å². The Morgan fingerprint density at radius 2 is 1.56 bits per heavy atom. The molecule has 0 aliphatic carbocycles. The summed E-state index contributed by atoms with van der Waals surface area (Å²) in [4.78, 5) is 25.0. The SMILES string of the molecule is COc1cc(OC)cc(C(=O)Nc2nnc(SCC(=O)Nc3c(C)cc(C)cc3C)s2)c1. The van der Waals surface area contributed by atoms with Crippen molar-refractivity contribution < 1.29 is 19.1 Å². The number of methoxy groups -OCH3 is 2. The molecule has 2 N–H and O–H groups in total. The number of carbonyl (C=O) groups is 2. The molecule has 0 spiro atoms. The molecule has 10 heteroatoms. The van der Waals surface area contributed by atoms with Gasteiger partial charge in [0.25, 0.3) is 5.91 Å². The average Bonchev–Trinajstić information content (AvgIpc) is 3.21. The van der Waals surface area contributed by atoms with Gasteiger partial charge in [0, 0.05) is 17.3 Å².